The van der Waals surface area contributed by atoms with Gasteiger partial charge in [-0.15, -0.1) is 0 Å². The fourth-order valence-corrected chi connectivity index (χ4v) is 9.56. The molecule has 0 spiro atoms. The van der Waals surface area contributed by atoms with E-state index in [4.69, 9.17) is 9.47 Å². The summed E-state index contributed by atoms with van der Waals surface area (Å²) in [7, 11) is 3.71. The molecule has 0 radical (unpaired) electrons. The maximum atomic E-state index is 14.5. The Labute approximate surface area is 326 Å². The van der Waals surface area contributed by atoms with Crippen LogP contribution in [-0.4, -0.2) is 126 Å². The summed E-state index contributed by atoms with van der Waals surface area (Å²) in [6.45, 7) is 6.55. The van der Waals surface area contributed by atoms with E-state index >= 15 is 0 Å². The number of piperidine rings is 2. The zero-order chi connectivity index (χ0) is 38.5. The van der Waals surface area contributed by atoms with Gasteiger partial charge in [-0.2, -0.15) is 0 Å². The number of rotatable bonds is 14. The molecule has 0 bridgehead atoms. The molecule has 4 heterocycles. The number of amides is 4. The lowest BCUT2D eigenvalue weighted by molar-refractivity contribution is 0.0514. The number of nitrogens with zero attached hydrogens (tertiary/aromatic N) is 4. The van der Waals surface area contributed by atoms with E-state index in [1.807, 2.05) is 50.5 Å². The number of carbonyl (C=O) groups excluding carboxylic acids is 4. The van der Waals surface area contributed by atoms with Gasteiger partial charge >= 0.3 is 0 Å². The minimum Gasteiger partial charge on any atom is -0.378 e. The van der Waals surface area contributed by atoms with Gasteiger partial charge in [0.25, 0.3) is 23.6 Å². The predicted molar refractivity (Wildman–Crippen MR) is 220 cm³/mol. The summed E-state index contributed by atoms with van der Waals surface area (Å²) >= 11 is 0. The maximum absolute atomic E-state index is 14.5. The molecule has 4 amide bonds. The molecule has 2 N–H and O–H groups in total. The average molecular weight is 759 g/mol. The van der Waals surface area contributed by atoms with E-state index in [-0.39, 0.29) is 49.9 Å². The second-order valence-corrected chi connectivity index (χ2v) is 15.5. The standard InChI is InChI=1S/C44H50N6O6/c1-45-13-21-55-23-19-49-41(51)29-11-9-27-38-34(48-17-7-4-8-18-48)26-32-36-30(42(52)50(44(32)54)20-24-56-22-14-46-2)12-10-28(40(36)38)37-33(47-15-5-3-6-16-47)25-31(43(49)53)35(29)39(27)37/h9-12,25-26,45-46H,3-8,13-24H2,1-2H3. The van der Waals surface area contributed by atoms with Crippen molar-refractivity contribution >= 4 is 78.1 Å². The number of hydrogen-bond donors (Lipinski definition) is 2. The van der Waals surface area contributed by atoms with Crippen LogP contribution in [0.5, 0.6) is 0 Å². The number of fused-ring (bicyclic) bond motifs is 2. The molecular formula is C44H50N6O6. The smallest absolute Gasteiger partial charge is 0.261 e. The first-order chi connectivity index (χ1) is 27.4. The van der Waals surface area contributed by atoms with Gasteiger partial charge in [0.05, 0.1) is 50.6 Å². The van der Waals surface area contributed by atoms with E-state index in [1.165, 1.54) is 9.80 Å². The Kier molecular flexibility index (Phi) is 9.99. The van der Waals surface area contributed by atoms with Crippen molar-refractivity contribution in [3.63, 3.8) is 0 Å². The van der Waals surface area contributed by atoms with E-state index in [2.05, 4.69) is 20.4 Å². The van der Waals surface area contributed by atoms with Crippen molar-refractivity contribution in [2.45, 2.75) is 38.5 Å². The Balaban J connectivity index is 1.31. The minimum absolute atomic E-state index is 0.165. The van der Waals surface area contributed by atoms with Crippen molar-refractivity contribution in [3.8, 4) is 0 Å². The van der Waals surface area contributed by atoms with E-state index < -0.39 is 0 Å². The van der Waals surface area contributed by atoms with Crippen LogP contribution in [0.15, 0.2) is 36.4 Å². The van der Waals surface area contributed by atoms with Crippen LogP contribution in [-0.2, 0) is 9.47 Å². The zero-order valence-electron chi connectivity index (χ0n) is 32.4. The molecule has 12 nitrogen and oxygen atoms in total. The highest BCUT2D eigenvalue weighted by Gasteiger charge is 2.39. The van der Waals surface area contributed by atoms with Gasteiger partial charge in [-0.3, -0.25) is 29.0 Å². The van der Waals surface area contributed by atoms with Crippen molar-refractivity contribution in [1.82, 2.24) is 20.4 Å². The van der Waals surface area contributed by atoms with Gasteiger partial charge in [-0.1, -0.05) is 12.1 Å². The Morgan fingerprint density at radius 1 is 0.482 bits per heavy atom. The molecule has 4 aliphatic heterocycles. The second-order valence-electron chi connectivity index (χ2n) is 15.5. The molecule has 4 aliphatic rings. The Bertz CT molecular complexity index is 2220. The van der Waals surface area contributed by atoms with E-state index in [0.29, 0.717) is 59.3 Å². The first-order valence-corrected chi connectivity index (χ1v) is 20.4. The first-order valence-electron chi connectivity index (χ1n) is 20.4. The van der Waals surface area contributed by atoms with Crippen LogP contribution in [0, 0.1) is 0 Å². The summed E-state index contributed by atoms with van der Waals surface area (Å²) in [4.78, 5) is 65.1. The number of hydrogen-bond acceptors (Lipinski definition) is 10. The highest BCUT2D eigenvalue weighted by atomic mass is 16.5. The summed E-state index contributed by atoms with van der Waals surface area (Å²) in [5.74, 6) is -1.25. The molecule has 0 unspecified atom stereocenters. The van der Waals surface area contributed by atoms with E-state index in [0.717, 1.165) is 108 Å². The molecule has 0 atom stereocenters. The average Bonchev–Trinajstić information content (AvgIpc) is 3.23. The van der Waals surface area contributed by atoms with Crippen molar-refractivity contribution in [2.75, 3.05) is 103 Å². The van der Waals surface area contributed by atoms with Gasteiger partial charge in [0.2, 0.25) is 0 Å². The highest BCUT2D eigenvalue weighted by Crippen LogP contribution is 2.52. The Morgan fingerprint density at radius 3 is 1.27 bits per heavy atom. The molecule has 292 valence electrons. The number of nitrogens with one attached hydrogen (secondary N) is 2. The third kappa shape index (κ3) is 5.88. The molecule has 5 aromatic carbocycles. The lowest BCUT2D eigenvalue weighted by atomic mass is 9.80. The lowest BCUT2D eigenvalue weighted by Gasteiger charge is -2.36. The summed E-state index contributed by atoms with van der Waals surface area (Å²) in [5.41, 5.74) is 3.99. The van der Waals surface area contributed by atoms with Crippen molar-refractivity contribution in [1.29, 1.82) is 0 Å². The fourth-order valence-electron chi connectivity index (χ4n) is 9.56. The van der Waals surface area contributed by atoms with E-state index in [1.54, 1.807) is 0 Å². The molecule has 9 rings (SSSR count). The van der Waals surface area contributed by atoms with Gasteiger partial charge in [-0.05, 0) is 87.7 Å². The third-order valence-electron chi connectivity index (χ3n) is 12.3. The van der Waals surface area contributed by atoms with Crippen LogP contribution in [0.3, 0.4) is 0 Å². The topological polar surface area (TPSA) is 124 Å². The first kappa shape index (κ1) is 36.7. The molecule has 0 aliphatic carbocycles. The number of imide groups is 2. The molecule has 2 fully saturated rings. The summed E-state index contributed by atoms with van der Waals surface area (Å²) in [5, 5.41) is 13.1. The molecule has 0 aromatic heterocycles. The third-order valence-corrected chi connectivity index (χ3v) is 12.3. The molecular weight excluding hydrogens is 709 g/mol. The number of ether oxygens (including phenoxy) is 2. The number of anilines is 2. The Hall–Kier alpha value is -4.88. The number of likely N-dealkylation sites (N-methyl/N-ethyl adjacent to an activating group) is 2. The van der Waals surface area contributed by atoms with Crippen LogP contribution in [0.4, 0.5) is 11.4 Å². The van der Waals surface area contributed by atoms with Gasteiger partial charge < -0.3 is 29.9 Å². The summed E-state index contributed by atoms with van der Waals surface area (Å²) in [6, 6.07) is 11.9. The zero-order valence-corrected chi connectivity index (χ0v) is 32.4. The van der Waals surface area contributed by atoms with E-state index in [9.17, 15) is 19.2 Å². The van der Waals surface area contributed by atoms with Crippen molar-refractivity contribution in [3.05, 3.63) is 58.7 Å². The van der Waals surface area contributed by atoms with Crippen LogP contribution >= 0.6 is 0 Å². The largest absolute Gasteiger partial charge is 0.378 e. The van der Waals surface area contributed by atoms with Crippen LogP contribution in [0.25, 0.3) is 43.1 Å². The maximum Gasteiger partial charge on any atom is 0.261 e. The second kappa shape index (κ2) is 15.2. The number of benzene rings is 5. The van der Waals surface area contributed by atoms with Gasteiger partial charge in [0, 0.05) is 94.1 Å². The van der Waals surface area contributed by atoms with Crippen molar-refractivity contribution < 1.29 is 28.7 Å². The van der Waals surface area contributed by atoms with Crippen molar-refractivity contribution in [2.24, 2.45) is 0 Å². The van der Waals surface area contributed by atoms with Gasteiger partial charge in [-0.25, -0.2) is 0 Å². The van der Waals surface area contributed by atoms with Gasteiger partial charge in [0.15, 0.2) is 0 Å². The number of carbonyl (C=O) groups is 4. The lowest BCUT2D eigenvalue weighted by Crippen LogP contribution is -2.43. The van der Waals surface area contributed by atoms with Crippen LogP contribution in [0.2, 0.25) is 0 Å². The summed E-state index contributed by atoms with van der Waals surface area (Å²) in [6.07, 6.45) is 6.42. The normalized spacial score (nSPS) is 17.6. The molecule has 0 saturated carbocycles. The molecule has 56 heavy (non-hydrogen) atoms. The molecule has 2 saturated heterocycles. The predicted octanol–water partition coefficient (Wildman–Crippen LogP) is 5.38. The SMILES string of the molecule is CNCCOCCN1C(=O)c2ccc3c4c(N5CCCCC5)cc5c6c(ccc(c7c(N8CCCCC8)cc(c2c37)C1=O)c64)C(=O)N(CCOCCNC)C5=O. The van der Waals surface area contributed by atoms with Crippen LogP contribution < -0.4 is 20.4 Å². The molecule has 12 heteroatoms. The highest BCUT2D eigenvalue weighted by molar-refractivity contribution is 6.44. The van der Waals surface area contributed by atoms with Gasteiger partial charge in [0.1, 0.15) is 0 Å². The summed E-state index contributed by atoms with van der Waals surface area (Å²) < 4.78 is 11.5. The molecule has 5 aromatic rings. The quantitative estimate of drug-likeness (QED) is 0.0661. The van der Waals surface area contributed by atoms with Crippen LogP contribution in [0.1, 0.15) is 80.0 Å². The monoisotopic (exact) mass is 758 g/mol. The Morgan fingerprint density at radius 2 is 0.875 bits per heavy atom. The fraction of sp³-hybridized carbons (Fsp3) is 0.455. The minimum atomic E-state index is -0.318.